The highest BCUT2D eigenvalue weighted by molar-refractivity contribution is 9.10. The van der Waals surface area contributed by atoms with Crippen molar-refractivity contribution in [1.29, 1.82) is 0 Å². The quantitative estimate of drug-likeness (QED) is 0.791. The molecule has 0 spiro atoms. The molecule has 4 heteroatoms. The third kappa shape index (κ3) is 6.90. The summed E-state index contributed by atoms with van der Waals surface area (Å²) in [4.78, 5) is 0. The molecule has 0 aromatic heterocycles. The van der Waals surface area contributed by atoms with E-state index < -0.39 is 0 Å². The molecule has 86 valence electrons. The van der Waals surface area contributed by atoms with Gasteiger partial charge >= 0.3 is 0 Å². The number of hydrogen-bond acceptors (Lipinski definition) is 2. The van der Waals surface area contributed by atoms with Crippen LogP contribution in [0.5, 0.6) is 0 Å². The highest BCUT2D eigenvalue weighted by atomic mass is 79.9. The minimum absolute atomic E-state index is 0. The van der Waals surface area contributed by atoms with Crippen molar-refractivity contribution >= 4 is 28.3 Å². The maximum absolute atomic E-state index is 8.59. The predicted molar refractivity (Wildman–Crippen MR) is 69.4 cm³/mol. The zero-order valence-electron chi connectivity index (χ0n) is 8.58. The molecule has 1 aromatic rings. The molecule has 0 aliphatic rings. The zero-order chi connectivity index (χ0) is 10.2. The average molecular weight is 295 g/mol. The molecule has 1 rings (SSSR count). The molecule has 0 saturated carbocycles. The lowest BCUT2D eigenvalue weighted by molar-refractivity contribution is 0.283. The number of benzene rings is 1. The van der Waals surface area contributed by atoms with Crippen LogP contribution in [0.4, 0.5) is 0 Å². The van der Waals surface area contributed by atoms with Crippen LogP contribution in [0.1, 0.15) is 18.4 Å². The van der Waals surface area contributed by atoms with Crippen LogP contribution in [0.2, 0.25) is 0 Å². The largest absolute Gasteiger partial charge is 0.396 e. The maximum atomic E-state index is 8.59. The summed E-state index contributed by atoms with van der Waals surface area (Å²) >= 11 is 3.44. The second kappa shape index (κ2) is 9.16. The summed E-state index contributed by atoms with van der Waals surface area (Å²) in [7, 11) is 0. The first-order chi connectivity index (χ1) is 6.83. The average Bonchev–Trinajstić information content (AvgIpc) is 2.18. The van der Waals surface area contributed by atoms with Gasteiger partial charge in [0.2, 0.25) is 0 Å². The zero-order valence-corrected chi connectivity index (χ0v) is 11.0. The van der Waals surface area contributed by atoms with Gasteiger partial charge in [-0.25, -0.2) is 0 Å². The van der Waals surface area contributed by atoms with Crippen LogP contribution in [0.15, 0.2) is 28.7 Å². The topological polar surface area (TPSA) is 32.3 Å². The molecule has 0 heterocycles. The molecule has 1 aromatic carbocycles. The van der Waals surface area contributed by atoms with Gasteiger partial charge in [-0.3, -0.25) is 0 Å². The van der Waals surface area contributed by atoms with Crippen molar-refractivity contribution in [3.63, 3.8) is 0 Å². The van der Waals surface area contributed by atoms with E-state index in [1.165, 1.54) is 5.56 Å². The molecule has 2 nitrogen and oxygen atoms in total. The molecular formula is C11H17BrClNO. The van der Waals surface area contributed by atoms with Gasteiger partial charge in [-0.2, -0.15) is 0 Å². The Labute approximate surface area is 106 Å². The van der Waals surface area contributed by atoms with Crippen molar-refractivity contribution in [3.05, 3.63) is 34.3 Å². The Morgan fingerprint density at radius 3 is 2.73 bits per heavy atom. The van der Waals surface area contributed by atoms with Crippen LogP contribution in [-0.2, 0) is 6.54 Å². The first kappa shape index (κ1) is 14.9. The van der Waals surface area contributed by atoms with Crippen LogP contribution >= 0.6 is 28.3 Å². The fraction of sp³-hybridized carbons (Fsp3) is 0.455. The molecule has 0 amide bonds. The molecule has 0 aliphatic heterocycles. The molecule has 0 fully saturated rings. The second-order valence-corrected chi connectivity index (χ2v) is 4.15. The van der Waals surface area contributed by atoms with E-state index in [4.69, 9.17) is 5.11 Å². The molecule has 0 radical (unpaired) electrons. The van der Waals surface area contributed by atoms with Gasteiger partial charge < -0.3 is 10.4 Å². The van der Waals surface area contributed by atoms with Crippen LogP contribution in [0, 0.1) is 0 Å². The minimum Gasteiger partial charge on any atom is -0.396 e. The Balaban J connectivity index is 0.00000196. The van der Waals surface area contributed by atoms with E-state index in [9.17, 15) is 0 Å². The Morgan fingerprint density at radius 2 is 2.07 bits per heavy atom. The van der Waals surface area contributed by atoms with Crippen LogP contribution in [0.25, 0.3) is 0 Å². The molecule has 2 N–H and O–H groups in total. The Morgan fingerprint density at radius 1 is 1.27 bits per heavy atom. The second-order valence-electron chi connectivity index (χ2n) is 3.24. The van der Waals surface area contributed by atoms with Gasteiger partial charge in [0.15, 0.2) is 0 Å². The lowest BCUT2D eigenvalue weighted by atomic mass is 10.2. The number of nitrogens with one attached hydrogen (secondary N) is 1. The molecule has 0 aliphatic carbocycles. The summed E-state index contributed by atoms with van der Waals surface area (Å²) in [5.41, 5.74) is 1.28. The fourth-order valence-electron chi connectivity index (χ4n) is 1.24. The van der Waals surface area contributed by atoms with Crippen LogP contribution < -0.4 is 5.32 Å². The summed E-state index contributed by atoms with van der Waals surface area (Å²) < 4.78 is 1.12. The predicted octanol–water partition coefficient (Wildman–Crippen LogP) is 2.73. The number of aliphatic hydroxyl groups is 1. The lowest BCUT2D eigenvalue weighted by Crippen LogP contribution is -2.14. The van der Waals surface area contributed by atoms with E-state index in [1.807, 2.05) is 12.1 Å². The van der Waals surface area contributed by atoms with Crippen LogP contribution in [0.3, 0.4) is 0 Å². The molecule has 0 atom stereocenters. The van der Waals surface area contributed by atoms with E-state index >= 15 is 0 Å². The van der Waals surface area contributed by atoms with E-state index in [0.717, 1.165) is 30.4 Å². The molecule has 0 bridgehead atoms. The molecule has 0 saturated heterocycles. The summed E-state index contributed by atoms with van der Waals surface area (Å²) in [5, 5.41) is 11.9. The van der Waals surface area contributed by atoms with Gasteiger partial charge in [0.25, 0.3) is 0 Å². The van der Waals surface area contributed by atoms with E-state index in [-0.39, 0.29) is 12.4 Å². The lowest BCUT2D eigenvalue weighted by Gasteiger charge is -2.04. The van der Waals surface area contributed by atoms with Gasteiger partial charge in [-0.05, 0) is 37.1 Å². The van der Waals surface area contributed by atoms with E-state index in [0.29, 0.717) is 6.61 Å². The highest BCUT2D eigenvalue weighted by Gasteiger charge is 1.93. The van der Waals surface area contributed by atoms with Crippen molar-refractivity contribution in [2.24, 2.45) is 0 Å². The van der Waals surface area contributed by atoms with Crippen LogP contribution in [-0.4, -0.2) is 18.3 Å². The Hall–Kier alpha value is -0.0900. The molecule has 0 unspecified atom stereocenters. The standard InChI is InChI=1S/C11H16BrNO.ClH/c12-11-5-3-4-10(8-11)9-13-6-1-2-7-14;/h3-5,8,13-14H,1-2,6-7,9H2;1H. The summed E-state index contributed by atoms with van der Waals surface area (Å²) in [5.74, 6) is 0. The van der Waals surface area contributed by atoms with Crippen molar-refractivity contribution < 1.29 is 5.11 Å². The first-order valence-electron chi connectivity index (χ1n) is 4.89. The molecule has 15 heavy (non-hydrogen) atoms. The third-order valence-electron chi connectivity index (χ3n) is 1.98. The van der Waals surface area contributed by atoms with Crippen molar-refractivity contribution in [2.75, 3.05) is 13.2 Å². The van der Waals surface area contributed by atoms with Crippen molar-refractivity contribution in [3.8, 4) is 0 Å². The van der Waals surface area contributed by atoms with E-state index in [2.05, 4.69) is 33.4 Å². The van der Waals surface area contributed by atoms with Crippen molar-refractivity contribution in [1.82, 2.24) is 5.32 Å². The third-order valence-corrected chi connectivity index (χ3v) is 2.47. The van der Waals surface area contributed by atoms with Gasteiger partial charge in [-0.15, -0.1) is 12.4 Å². The number of aliphatic hydroxyl groups excluding tert-OH is 1. The number of halogens is 2. The maximum Gasteiger partial charge on any atom is 0.0431 e. The Bertz CT molecular complexity index is 271. The smallest absolute Gasteiger partial charge is 0.0431 e. The monoisotopic (exact) mass is 293 g/mol. The first-order valence-corrected chi connectivity index (χ1v) is 5.68. The SMILES string of the molecule is Cl.OCCCCNCc1cccc(Br)c1. The van der Waals surface area contributed by atoms with Gasteiger partial charge in [0, 0.05) is 17.6 Å². The number of hydrogen-bond donors (Lipinski definition) is 2. The Kier molecular flexibility index (Phi) is 9.10. The normalized spacial score (nSPS) is 9.73. The minimum atomic E-state index is 0. The van der Waals surface area contributed by atoms with Gasteiger partial charge in [0.1, 0.15) is 0 Å². The van der Waals surface area contributed by atoms with Gasteiger partial charge in [-0.1, -0.05) is 28.1 Å². The summed E-state index contributed by atoms with van der Waals surface area (Å²) in [6, 6.07) is 8.27. The van der Waals surface area contributed by atoms with Crippen molar-refractivity contribution in [2.45, 2.75) is 19.4 Å². The summed E-state index contributed by atoms with van der Waals surface area (Å²) in [6.45, 7) is 2.15. The number of rotatable bonds is 6. The fourth-order valence-corrected chi connectivity index (χ4v) is 1.69. The highest BCUT2D eigenvalue weighted by Crippen LogP contribution is 2.11. The van der Waals surface area contributed by atoms with Gasteiger partial charge in [0.05, 0.1) is 0 Å². The van der Waals surface area contributed by atoms with E-state index in [1.54, 1.807) is 0 Å². The summed E-state index contributed by atoms with van der Waals surface area (Å²) in [6.07, 6.45) is 1.91. The molecular weight excluding hydrogens is 277 g/mol. The number of unbranched alkanes of at least 4 members (excludes halogenated alkanes) is 1.